The van der Waals surface area contributed by atoms with Crippen LogP contribution in [0.4, 0.5) is 0 Å². The van der Waals surface area contributed by atoms with Gasteiger partial charge in [-0.25, -0.2) is 4.98 Å². The number of nitrogens with zero attached hydrogens (tertiary/aromatic N) is 1. The second-order valence-corrected chi connectivity index (χ2v) is 6.94. The zero-order chi connectivity index (χ0) is 13.9. The Hall–Kier alpha value is -1.30. The first kappa shape index (κ1) is 13.7. The molecule has 0 amide bonds. The number of thiazole rings is 1. The van der Waals surface area contributed by atoms with Crippen LogP contribution in [0.2, 0.25) is 0 Å². The highest BCUT2D eigenvalue weighted by Gasteiger charge is 2.11. The van der Waals surface area contributed by atoms with Crippen LogP contribution < -0.4 is 4.74 Å². The fourth-order valence-electron chi connectivity index (χ4n) is 1.92. The molecule has 0 fully saturated rings. The number of benzene rings is 1. The molecule has 102 valence electrons. The molecule has 0 bridgehead atoms. The second-order valence-electron chi connectivity index (χ2n) is 4.10. The summed E-state index contributed by atoms with van der Waals surface area (Å²) in [6, 6.07) is 10.2. The molecule has 2 aromatic heterocycles. The predicted octanol–water partition coefficient (Wildman–Crippen LogP) is 5.27. The Bertz CT molecular complexity index is 717. The van der Waals surface area contributed by atoms with Gasteiger partial charge in [0.15, 0.2) is 0 Å². The van der Waals surface area contributed by atoms with Crippen LogP contribution in [0, 0.1) is 0 Å². The third-order valence-electron chi connectivity index (χ3n) is 2.92. The lowest BCUT2D eigenvalue weighted by Gasteiger charge is -2.01. The van der Waals surface area contributed by atoms with E-state index in [0.717, 1.165) is 22.0 Å². The van der Waals surface area contributed by atoms with Crippen molar-refractivity contribution < 1.29 is 4.74 Å². The average molecular weight is 319 g/mol. The fourth-order valence-corrected chi connectivity index (χ4v) is 4.47. The van der Waals surface area contributed by atoms with Gasteiger partial charge in [0.25, 0.3) is 0 Å². The number of hydrogen-bond donors (Lipinski definition) is 0. The quantitative estimate of drug-likeness (QED) is 0.612. The van der Waals surface area contributed by atoms with Gasteiger partial charge in [-0.3, -0.25) is 0 Å². The SMILES string of the molecule is COc1cccc(-c2csc(-c3ccsc3SC)n2)c1. The maximum absolute atomic E-state index is 5.27. The van der Waals surface area contributed by atoms with Crippen LogP contribution >= 0.6 is 34.4 Å². The van der Waals surface area contributed by atoms with Crippen LogP contribution in [0.5, 0.6) is 5.75 Å². The van der Waals surface area contributed by atoms with Crippen molar-refractivity contribution in [2.24, 2.45) is 0 Å². The molecule has 0 aliphatic heterocycles. The van der Waals surface area contributed by atoms with E-state index >= 15 is 0 Å². The molecule has 20 heavy (non-hydrogen) atoms. The van der Waals surface area contributed by atoms with Gasteiger partial charge in [0.05, 0.1) is 17.0 Å². The van der Waals surface area contributed by atoms with Crippen LogP contribution in [0.3, 0.4) is 0 Å². The van der Waals surface area contributed by atoms with Crippen molar-refractivity contribution >= 4 is 34.4 Å². The minimum atomic E-state index is 0.859. The summed E-state index contributed by atoms with van der Waals surface area (Å²) >= 11 is 5.22. The largest absolute Gasteiger partial charge is 0.497 e. The van der Waals surface area contributed by atoms with Crippen molar-refractivity contribution in [3.05, 3.63) is 41.1 Å². The molecule has 0 aliphatic rings. The molecule has 2 nitrogen and oxygen atoms in total. The molecule has 2 heterocycles. The molecule has 3 rings (SSSR count). The lowest BCUT2D eigenvalue weighted by molar-refractivity contribution is 0.415. The lowest BCUT2D eigenvalue weighted by Crippen LogP contribution is -1.84. The maximum Gasteiger partial charge on any atom is 0.126 e. The number of aromatic nitrogens is 1. The first-order chi connectivity index (χ1) is 9.81. The van der Waals surface area contributed by atoms with E-state index in [0.29, 0.717) is 0 Å². The number of hydrogen-bond acceptors (Lipinski definition) is 5. The van der Waals surface area contributed by atoms with Crippen LogP contribution in [-0.4, -0.2) is 18.3 Å². The first-order valence-corrected chi connectivity index (χ1v) is 9.02. The summed E-state index contributed by atoms with van der Waals surface area (Å²) in [6.45, 7) is 0. The van der Waals surface area contributed by atoms with E-state index in [2.05, 4.69) is 29.1 Å². The van der Waals surface area contributed by atoms with E-state index in [1.165, 1.54) is 9.77 Å². The predicted molar refractivity (Wildman–Crippen MR) is 89.2 cm³/mol. The van der Waals surface area contributed by atoms with E-state index in [1.54, 1.807) is 41.5 Å². The Kier molecular flexibility index (Phi) is 4.10. The fraction of sp³-hybridized carbons (Fsp3) is 0.133. The number of thioether (sulfide) groups is 1. The van der Waals surface area contributed by atoms with Gasteiger partial charge in [-0.1, -0.05) is 12.1 Å². The summed E-state index contributed by atoms with van der Waals surface area (Å²) < 4.78 is 6.58. The Balaban J connectivity index is 1.97. The summed E-state index contributed by atoms with van der Waals surface area (Å²) in [5.74, 6) is 0.859. The molecule has 1 aromatic carbocycles. The van der Waals surface area contributed by atoms with E-state index in [-0.39, 0.29) is 0 Å². The summed E-state index contributed by atoms with van der Waals surface area (Å²) in [7, 11) is 1.68. The van der Waals surface area contributed by atoms with Crippen LogP contribution in [0.1, 0.15) is 0 Å². The van der Waals surface area contributed by atoms with Gasteiger partial charge in [-0.15, -0.1) is 34.4 Å². The van der Waals surface area contributed by atoms with E-state index in [1.807, 2.05) is 18.2 Å². The topological polar surface area (TPSA) is 22.1 Å². The summed E-state index contributed by atoms with van der Waals surface area (Å²) in [6.07, 6.45) is 2.10. The van der Waals surface area contributed by atoms with E-state index in [4.69, 9.17) is 9.72 Å². The molecule has 0 saturated heterocycles. The molecular weight excluding hydrogens is 306 g/mol. The Labute approximate surface area is 130 Å². The average Bonchev–Trinajstić information content (AvgIpc) is 3.15. The molecule has 5 heteroatoms. The van der Waals surface area contributed by atoms with E-state index < -0.39 is 0 Å². The monoisotopic (exact) mass is 319 g/mol. The van der Waals surface area contributed by atoms with E-state index in [9.17, 15) is 0 Å². The Morgan fingerprint density at radius 3 is 2.90 bits per heavy atom. The number of rotatable bonds is 4. The number of thiophene rings is 1. The molecule has 0 atom stereocenters. The molecule has 0 spiro atoms. The van der Waals surface area contributed by atoms with Crippen molar-refractivity contribution in [3.63, 3.8) is 0 Å². The maximum atomic E-state index is 5.27. The molecule has 0 aliphatic carbocycles. The highest BCUT2D eigenvalue weighted by atomic mass is 32.2. The molecule has 0 saturated carbocycles. The van der Waals surface area contributed by atoms with Crippen molar-refractivity contribution in [1.82, 2.24) is 4.98 Å². The third-order valence-corrected chi connectivity index (χ3v) is 5.88. The Morgan fingerprint density at radius 2 is 2.10 bits per heavy atom. The third kappa shape index (κ3) is 2.61. The normalized spacial score (nSPS) is 10.7. The first-order valence-electron chi connectivity index (χ1n) is 6.03. The molecule has 0 N–H and O–H groups in total. The van der Waals surface area contributed by atoms with Crippen molar-refractivity contribution in [2.75, 3.05) is 13.4 Å². The zero-order valence-electron chi connectivity index (χ0n) is 11.1. The molecule has 3 aromatic rings. The number of ether oxygens (including phenoxy) is 1. The molecule has 0 radical (unpaired) electrons. The highest BCUT2D eigenvalue weighted by molar-refractivity contribution is 8.00. The summed E-state index contributed by atoms with van der Waals surface area (Å²) in [4.78, 5) is 4.76. The summed E-state index contributed by atoms with van der Waals surface area (Å²) in [5.41, 5.74) is 3.33. The van der Waals surface area contributed by atoms with Gasteiger partial charge in [-0.05, 0) is 29.8 Å². The minimum Gasteiger partial charge on any atom is -0.497 e. The van der Waals surface area contributed by atoms with Gasteiger partial charge in [0.1, 0.15) is 10.8 Å². The van der Waals surface area contributed by atoms with Crippen molar-refractivity contribution in [1.29, 1.82) is 0 Å². The standard InChI is InChI=1S/C15H13NOS3/c1-17-11-5-3-4-10(8-11)13-9-20-14(16-13)12-6-7-19-15(12)18-2/h3-9H,1-2H3. The van der Waals surface area contributed by atoms with Gasteiger partial charge >= 0.3 is 0 Å². The van der Waals surface area contributed by atoms with Crippen LogP contribution in [-0.2, 0) is 0 Å². The van der Waals surface area contributed by atoms with Gasteiger partial charge < -0.3 is 4.74 Å². The zero-order valence-corrected chi connectivity index (χ0v) is 13.6. The van der Waals surface area contributed by atoms with Gasteiger partial charge in [0, 0.05) is 16.5 Å². The molecular formula is C15H13NOS3. The molecule has 0 unspecified atom stereocenters. The number of methoxy groups -OCH3 is 1. The summed E-state index contributed by atoms with van der Waals surface area (Å²) in [5, 5.41) is 5.30. The minimum absolute atomic E-state index is 0.859. The van der Waals surface area contributed by atoms with Crippen LogP contribution in [0.15, 0.2) is 45.3 Å². The second kappa shape index (κ2) is 5.99. The van der Waals surface area contributed by atoms with Crippen molar-refractivity contribution in [3.8, 4) is 27.6 Å². The highest BCUT2D eigenvalue weighted by Crippen LogP contribution is 2.38. The lowest BCUT2D eigenvalue weighted by atomic mass is 10.1. The van der Waals surface area contributed by atoms with Gasteiger partial charge in [0.2, 0.25) is 0 Å². The van der Waals surface area contributed by atoms with Crippen molar-refractivity contribution in [2.45, 2.75) is 4.21 Å². The van der Waals surface area contributed by atoms with Crippen LogP contribution in [0.25, 0.3) is 21.8 Å². The van der Waals surface area contributed by atoms with Gasteiger partial charge in [-0.2, -0.15) is 0 Å². The Morgan fingerprint density at radius 1 is 1.20 bits per heavy atom. The smallest absolute Gasteiger partial charge is 0.126 e.